The number of ether oxygens (including phenoxy) is 1. The van der Waals surface area contributed by atoms with Crippen LogP contribution in [0.25, 0.3) is 0 Å². The van der Waals surface area contributed by atoms with E-state index in [0.29, 0.717) is 4.90 Å². The lowest BCUT2D eigenvalue weighted by molar-refractivity contribution is -0.148. The number of hydrogen-bond donors (Lipinski definition) is 1. The molecule has 16 heavy (non-hydrogen) atoms. The van der Waals surface area contributed by atoms with Gasteiger partial charge in [-0.25, -0.2) is 18.4 Å². The third-order valence-electron chi connectivity index (χ3n) is 1.59. The summed E-state index contributed by atoms with van der Waals surface area (Å²) in [5.74, 6) is -1.77. The van der Waals surface area contributed by atoms with Gasteiger partial charge >= 0.3 is 12.1 Å². The molecule has 0 aliphatic heterocycles. The maximum Gasteiger partial charge on any atom is 0.410 e. The summed E-state index contributed by atoms with van der Waals surface area (Å²) in [5.41, 5.74) is -0.865. The van der Waals surface area contributed by atoms with Crippen LogP contribution in [0.4, 0.5) is 13.6 Å². The van der Waals surface area contributed by atoms with Crippen LogP contribution in [-0.2, 0) is 9.53 Å². The molecule has 0 bridgehead atoms. The first kappa shape index (κ1) is 14.6. The zero-order valence-corrected chi connectivity index (χ0v) is 9.53. The molecule has 1 atom stereocenters. The van der Waals surface area contributed by atoms with Crippen LogP contribution in [0.15, 0.2) is 0 Å². The first-order valence-corrected chi connectivity index (χ1v) is 4.53. The van der Waals surface area contributed by atoms with E-state index in [0.717, 1.165) is 7.05 Å². The third-order valence-corrected chi connectivity index (χ3v) is 1.59. The van der Waals surface area contributed by atoms with E-state index in [4.69, 9.17) is 9.84 Å². The number of carboxylic acids is 1. The van der Waals surface area contributed by atoms with Crippen molar-refractivity contribution in [2.24, 2.45) is 0 Å². The summed E-state index contributed by atoms with van der Waals surface area (Å²) >= 11 is 0. The molecule has 0 aliphatic carbocycles. The number of aliphatic carboxylic acids is 1. The van der Waals surface area contributed by atoms with Crippen LogP contribution in [0.3, 0.4) is 0 Å². The summed E-state index contributed by atoms with van der Waals surface area (Å²) in [4.78, 5) is 22.2. The molecule has 1 N–H and O–H groups in total. The van der Waals surface area contributed by atoms with Gasteiger partial charge in [0.25, 0.3) is 6.43 Å². The van der Waals surface area contributed by atoms with E-state index in [1.165, 1.54) is 0 Å². The molecular formula is C9H15F2NO4. The van der Waals surface area contributed by atoms with Gasteiger partial charge in [-0.3, -0.25) is 4.90 Å². The van der Waals surface area contributed by atoms with Gasteiger partial charge in [-0.1, -0.05) is 0 Å². The highest BCUT2D eigenvalue weighted by Crippen LogP contribution is 2.14. The van der Waals surface area contributed by atoms with Crippen molar-refractivity contribution < 1.29 is 28.2 Å². The predicted octanol–water partition coefficient (Wildman–Crippen LogP) is 1.57. The van der Waals surface area contributed by atoms with Crippen molar-refractivity contribution in [2.75, 3.05) is 7.05 Å². The van der Waals surface area contributed by atoms with Gasteiger partial charge in [-0.15, -0.1) is 0 Å². The Kier molecular flexibility index (Phi) is 4.64. The maximum absolute atomic E-state index is 12.4. The molecule has 0 saturated carbocycles. The first-order chi connectivity index (χ1) is 7.06. The number of nitrogens with zero attached hydrogens (tertiary/aromatic N) is 1. The summed E-state index contributed by atoms with van der Waals surface area (Å²) < 4.78 is 29.5. The van der Waals surface area contributed by atoms with E-state index in [2.05, 4.69) is 0 Å². The first-order valence-electron chi connectivity index (χ1n) is 4.53. The summed E-state index contributed by atoms with van der Waals surface area (Å²) in [6, 6.07) is -2.20. The molecule has 0 fully saturated rings. The highest BCUT2D eigenvalue weighted by Gasteiger charge is 2.36. The number of carbonyl (C=O) groups excluding carboxylic acids is 1. The molecule has 0 saturated heterocycles. The molecule has 1 unspecified atom stereocenters. The van der Waals surface area contributed by atoms with E-state index in [9.17, 15) is 18.4 Å². The SMILES string of the molecule is CN(C(=O)OC(C)(C)C)C(C(=O)O)C(F)F. The third kappa shape index (κ3) is 4.41. The highest BCUT2D eigenvalue weighted by atomic mass is 19.3. The number of likely N-dealkylation sites (N-methyl/N-ethyl adjacent to an activating group) is 1. The van der Waals surface area contributed by atoms with Gasteiger partial charge in [0, 0.05) is 7.05 Å². The largest absolute Gasteiger partial charge is 0.480 e. The van der Waals surface area contributed by atoms with Crippen LogP contribution < -0.4 is 0 Å². The molecule has 1 amide bonds. The van der Waals surface area contributed by atoms with Gasteiger partial charge in [-0.2, -0.15) is 0 Å². The van der Waals surface area contributed by atoms with Crippen LogP contribution in [0, 0.1) is 0 Å². The Hall–Kier alpha value is -1.40. The van der Waals surface area contributed by atoms with Crippen molar-refractivity contribution in [3.63, 3.8) is 0 Å². The van der Waals surface area contributed by atoms with Gasteiger partial charge in [0.1, 0.15) is 5.60 Å². The molecule has 94 valence electrons. The minimum absolute atomic E-state index is 0.373. The molecule has 0 aromatic rings. The Morgan fingerprint density at radius 1 is 1.31 bits per heavy atom. The van der Waals surface area contributed by atoms with Gasteiger partial charge in [-0.05, 0) is 20.8 Å². The van der Waals surface area contributed by atoms with Crippen molar-refractivity contribution >= 4 is 12.1 Å². The summed E-state index contributed by atoms with van der Waals surface area (Å²) in [6.45, 7) is 4.66. The number of hydrogen-bond acceptors (Lipinski definition) is 3. The van der Waals surface area contributed by atoms with Gasteiger partial charge in [0.15, 0.2) is 6.04 Å². The fourth-order valence-electron chi connectivity index (χ4n) is 0.890. The van der Waals surface area contributed by atoms with E-state index >= 15 is 0 Å². The van der Waals surface area contributed by atoms with Crippen LogP contribution in [0.1, 0.15) is 20.8 Å². The zero-order chi connectivity index (χ0) is 13.1. The topological polar surface area (TPSA) is 66.8 Å². The Labute approximate surface area is 92.0 Å². The van der Waals surface area contributed by atoms with Crippen molar-refractivity contribution in [3.05, 3.63) is 0 Å². The molecule has 5 nitrogen and oxygen atoms in total. The molecule has 0 heterocycles. The summed E-state index contributed by atoms with van der Waals surface area (Å²) in [7, 11) is 0.957. The van der Waals surface area contributed by atoms with Crippen molar-refractivity contribution in [2.45, 2.75) is 38.8 Å². The minimum atomic E-state index is -3.17. The highest BCUT2D eigenvalue weighted by molar-refractivity contribution is 5.80. The Balaban J connectivity index is 4.69. The second kappa shape index (κ2) is 5.09. The molecule has 0 spiro atoms. The average molecular weight is 239 g/mol. The van der Waals surface area contributed by atoms with Crippen LogP contribution in [-0.4, -0.2) is 47.2 Å². The fraction of sp³-hybridized carbons (Fsp3) is 0.778. The van der Waals surface area contributed by atoms with E-state index in [-0.39, 0.29) is 0 Å². The molecule has 7 heteroatoms. The predicted molar refractivity (Wildman–Crippen MR) is 51.4 cm³/mol. The van der Waals surface area contributed by atoms with Gasteiger partial charge in [0.05, 0.1) is 0 Å². The number of halogens is 2. The molecular weight excluding hydrogens is 224 g/mol. The molecule has 0 rings (SSSR count). The molecule has 0 radical (unpaired) electrons. The standard InChI is InChI=1S/C9H15F2NO4/c1-9(2,3)16-8(15)12(4)5(6(10)11)7(13)14/h5-6H,1-4H3,(H,13,14). The number of alkyl halides is 2. The summed E-state index contributed by atoms with van der Waals surface area (Å²) in [6.07, 6.45) is -4.27. The molecule has 0 aromatic heterocycles. The van der Waals surface area contributed by atoms with E-state index in [1.54, 1.807) is 20.8 Å². The Morgan fingerprint density at radius 3 is 2.00 bits per heavy atom. The number of carboxylic acid groups (broad SMARTS) is 1. The lowest BCUT2D eigenvalue weighted by Crippen LogP contribution is -2.48. The fourth-order valence-corrected chi connectivity index (χ4v) is 0.890. The lowest BCUT2D eigenvalue weighted by Gasteiger charge is -2.27. The number of amides is 1. The Morgan fingerprint density at radius 2 is 1.75 bits per heavy atom. The monoisotopic (exact) mass is 239 g/mol. The van der Waals surface area contributed by atoms with E-state index < -0.39 is 30.1 Å². The molecule has 0 aliphatic rings. The normalized spacial score (nSPS) is 13.4. The van der Waals surface area contributed by atoms with Crippen molar-refractivity contribution in [1.29, 1.82) is 0 Å². The zero-order valence-electron chi connectivity index (χ0n) is 9.53. The van der Waals surface area contributed by atoms with Crippen LogP contribution >= 0.6 is 0 Å². The van der Waals surface area contributed by atoms with Crippen LogP contribution in [0.2, 0.25) is 0 Å². The van der Waals surface area contributed by atoms with Gasteiger partial charge in [0.2, 0.25) is 0 Å². The van der Waals surface area contributed by atoms with E-state index in [1.807, 2.05) is 0 Å². The Bertz CT molecular complexity index is 275. The number of carbonyl (C=O) groups is 2. The van der Waals surface area contributed by atoms with Gasteiger partial charge < -0.3 is 9.84 Å². The summed E-state index contributed by atoms with van der Waals surface area (Å²) in [5, 5.41) is 8.53. The maximum atomic E-state index is 12.4. The van der Waals surface area contributed by atoms with Crippen molar-refractivity contribution in [3.8, 4) is 0 Å². The smallest absolute Gasteiger partial charge is 0.410 e. The second-order valence-electron chi connectivity index (χ2n) is 4.21. The second-order valence-corrected chi connectivity index (χ2v) is 4.21. The minimum Gasteiger partial charge on any atom is -0.480 e. The number of rotatable bonds is 3. The quantitative estimate of drug-likeness (QED) is 0.811. The lowest BCUT2D eigenvalue weighted by atomic mass is 10.2. The van der Waals surface area contributed by atoms with Crippen molar-refractivity contribution in [1.82, 2.24) is 4.90 Å². The van der Waals surface area contributed by atoms with Crippen LogP contribution in [0.5, 0.6) is 0 Å². The molecule has 0 aromatic carbocycles. The average Bonchev–Trinajstić information content (AvgIpc) is 1.98.